The summed E-state index contributed by atoms with van der Waals surface area (Å²) >= 11 is 0. The molecule has 0 amide bonds. The van der Waals surface area contributed by atoms with Gasteiger partial charge >= 0.3 is 0 Å². The molecule has 2 aliphatic heterocycles. The SMILES string of the molecule is C=C/C=C\c1cc2ccccc2n1-c1ccc2c(c1)Oc1cc(-n3c4ccccc4c4ccccc43)cc3c1B2c1ccc(-c2c4ccccc4c(-c4ccccc4)c4ccccc24)cc1N3c1c(-c2ccccc2)cccc1-c1ccccc1. The minimum Gasteiger partial charge on any atom is -0.458 e. The van der Waals surface area contributed by atoms with Crippen LogP contribution in [0.1, 0.15) is 5.69 Å². The zero-order valence-corrected chi connectivity index (χ0v) is 46.4. The molecule has 85 heavy (non-hydrogen) atoms. The van der Waals surface area contributed by atoms with Crippen LogP contribution in [0.4, 0.5) is 17.1 Å². The number of allylic oxidation sites excluding steroid dienone is 2. The van der Waals surface area contributed by atoms with Crippen LogP contribution in [0.25, 0.3) is 116 Å². The molecule has 0 N–H and O–H groups in total. The Balaban J connectivity index is 1.01. The smallest absolute Gasteiger partial charge is 0.256 e. The van der Waals surface area contributed by atoms with Crippen molar-refractivity contribution in [2.24, 2.45) is 0 Å². The van der Waals surface area contributed by atoms with E-state index >= 15 is 0 Å². The van der Waals surface area contributed by atoms with E-state index < -0.39 is 0 Å². The number of para-hydroxylation sites is 4. The Kier molecular flexibility index (Phi) is 11.1. The van der Waals surface area contributed by atoms with Gasteiger partial charge in [0.05, 0.1) is 27.9 Å². The molecule has 2 aliphatic rings. The van der Waals surface area contributed by atoms with Crippen LogP contribution in [0, 0.1) is 0 Å². The molecule has 15 aromatic rings. The van der Waals surface area contributed by atoms with Crippen LogP contribution in [0.5, 0.6) is 11.5 Å². The summed E-state index contributed by atoms with van der Waals surface area (Å²) in [5.74, 6) is 1.64. The maximum Gasteiger partial charge on any atom is 0.256 e. The van der Waals surface area contributed by atoms with E-state index in [2.05, 4.69) is 312 Å². The fraction of sp³-hybridized carbons (Fsp3) is 0. The molecule has 4 nitrogen and oxygen atoms in total. The summed E-state index contributed by atoms with van der Waals surface area (Å²) in [6.45, 7) is 3.81. The van der Waals surface area contributed by atoms with E-state index in [0.29, 0.717) is 0 Å². The van der Waals surface area contributed by atoms with Gasteiger partial charge < -0.3 is 18.8 Å². The Labute approximate surface area is 493 Å². The lowest BCUT2D eigenvalue weighted by Crippen LogP contribution is -2.59. The minimum absolute atomic E-state index is 0.213. The first kappa shape index (κ1) is 48.6. The second kappa shape index (κ2) is 19.5. The molecule has 0 spiro atoms. The quantitative estimate of drug-likeness (QED) is 0.0816. The third kappa shape index (κ3) is 7.57. The predicted octanol–water partition coefficient (Wildman–Crippen LogP) is 19.3. The molecule has 0 radical (unpaired) electrons. The Morgan fingerprint density at radius 3 is 1.49 bits per heavy atom. The molecule has 17 rings (SSSR count). The van der Waals surface area contributed by atoms with Crippen molar-refractivity contribution in [3.63, 3.8) is 0 Å². The number of anilines is 3. The second-order valence-electron chi connectivity index (χ2n) is 22.3. The first-order chi connectivity index (χ1) is 42.2. The van der Waals surface area contributed by atoms with E-state index in [1.54, 1.807) is 0 Å². The Bertz CT molecular complexity index is 5080. The number of hydrogen-bond acceptors (Lipinski definition) is 2. The molecule has 5 heteroatoms. The van der Waals surface area contributed by atoms with Gasteiger partial charge in [-0.15, -0.1) is 0 Å². The highest BCUT2D eigenvalue weighted by atomic mass is 16.5. The number of rotatable bonds is 9. The van der Waals surface area contributed by atoms with E-state index in [9.17, 15) is 0 Å². The van der Waals surface area contributed by atoms with Crippen LogP contribution in [0.2, 0.25) is 0 Å². The summed E-state index contributed by atoms with van der Waals surface area (Å²) in [4.78, 5) is 2.60. The highest BCUT2D eigenvalue weighted by Gasteiger charge is 2.44. The average Bonchev–Trinajstić information content (AvgIpc) is 2.42. The van der Waals surface area contributed by atoms with Crippen molar-refractivity contribution in [2.75, 3.05) is 4.90 Å². The predicted molar refractivity (Wildman–Crippen MR) is 359 cm³/mol. The molecule has 0 saturated carbocycles. The second-order valence-corrected chi connectivity index (χ2v) is 22.3. The van der Waals surface area contributed by atoms with Crippen LogP contribution in [-0.4, -0.2) is 15.8 Å². The maximum absolute atomic E-state index is 7.64. The third-order valence-electron chi connectivity index (χ3n) is 17.7. The number of nitrogens with zero attached hydrogens (tertiary/aromatic N) is 3. The fourth-order valence-electron chi connectivity index (χ4n) is 14.2. The van der Waals surface area contributed by atoms with E-state index in [1.165, 1.54) is 54.5 Å². The monoisotopic (exact) mass is 1080 g/mol. The molecule has 0 atom stereocenters. The van der Waals surface area contributed by atoms with Crippen molar-refractivity contribution in [2.45, 2.75) is 0 Å². The highest BCUT2D eigenvalue weighted by molar-refractivity contribution is 6.99. The summed E-state index contributed by atoms with van der Waals surface area (Å²) < 4.78 is 12.4. The van der Waals surface area contributed by atoms with Crippen molar-refractivity contribution < 1.29 is 4.74 Å². The molecule has 0 aliphatic carbocycles. The lowest BCUT2D eigenvalue weighted by molar-refractivity contribution is 0.487. The number of aromatic nitrogens is 2. The van der Waals surface area contributed by atoms with E-state index in [1.807, 2.05) is 12.2 Å². The molecule has 0 fully saturated rings. The number of fused-ring (bicyclic) bond motifs is 10. The van der Waals surface area contributed by atoms with Crippen molar-refractivity contribution in [1.29, 1.82) is 0 Å². The number of ether oxygens (including phenoxy) is 1. The number of hydrogen-bond donors (Lipinski definition) is 0. The lowest BCUT2D eigenvalue weighted by Gasteiger charge is -2.42. The largest absolute Gasteiger partial charge is 0.458 e. The van der Waals surface area contributed by atoms with Gasteiger partial charge in [0.2, 0.25) is 0 Å². The lowest BCUT2D eigenvalue weighted by atomic mass is 9.34. The molecule has 0 saturated heterocycles. The van der Waals surface area contributed by atoms with Gasteiger partial charge in [0.25, 0.3) is 6.71 Å². The molecule has 396 valence electrons. The van der Waals surface area contributed by atoms with Gasteiger partial charge in [-0.2, -0.15) is 0 Å². The summed E-state index contributed by atoms with van der Waals surface area (Å²) in [6, 6.07) is 105. The van der Waals surface area contributed by atoms with Crippen LogP contribution in [0.15, 0.2) is 304 Å². The summed E-state index contributed by atoms with van der Waals surface area (Å²) in [5.41, 5.74) is 22.4. The summed E-state index contributed by atoms with van der Waals surface area (Å²) in [6.07, 6.45) is 5.98. The summed E-state index contributed by atoms with van der Waals surface area (Å²) in [5, 5.41) is 8.41. The van der Waals surface area contributed by atoms with Gasteiger partial charge in [-0.1, -0.05) is 249 Å². The van der Waals surface area contributed by atoms with E-state index in [0.717, 1.165) is 106 Å². The first-order valence-corrected chi connectivity index (χ1v) is 29.2. The maximum atomic E-state index is 7.64. The minimum atomic E-state index is -0.213. The normalized spacial score (nSPS) is 12.5. The topological polar surface area (TPSA) is 22.3 Å². The zero-order valence-electron chi connectivity index (χ0n) is 46.4. The Hall–Kier alpha value is -11.1. The van der Waals surface area contributed by atoms with E-state index in [4.69, 9.17) is 4.74 Å². The first-order valence-electron chi connectivity index (χ1n) is 29.2. The van der Waals surface area contributed by atoms with Crippen LogP contribution < -0.4 is 26.0 Å². The Morgan fingerprint density at radius 2 is 0.882 bits per heavy atom. The van der Waals surface area contributed by atoms with Crippen molar-refractivity contribution >= 4 is 100 Å². The molecular weight excluding hydrogens is 1030 g/mol. The highest BCUT2D eigenvalue weighted by Crippen LogP contribution is 2.52. The molecule has 2 aromatic heterocycles. The molecule has 0 unspecified atom stereocenters. The molecule has 4 heterocycles. The van der Waals surface area contributed by atoms with E-state index in [-0.39, 0.29) is 6.71 Å². The van der Waals surface area contributed by atoms with Gasteiger partial charge in [-0.25, -0.2) is 0 Å². The Morgan fingerprint density at radius 1 is 0.365 bits per heavy atom. The van der Waals surface area contributed by atoms with Crippen LogP contribution in [0.3, 0.4) is 0 Å². The molecule has 0 bridgehead atoms. The van der Waals surface area contributed by atoms with Crippen LogP contribution in [-0.2, 0) is 0 Å². The molecule has 13 aromatic carbocycles. The van der Waals surface area contributed by atoms with Crippen molar-refractivity contribution in [3.05, 3.63) is 310 Å². The third-order valence-corrected chi connectivity index (χ3v) is 17.7. The van der Waals surface area contributed by atoms with Gasteiger partial charge in [-0.3, -0.25) is 0 Å². The van der Waals surface area contributed by atoms with Crippen molar-refractivity contribution in [1.82, 2.24) is 9.13 Å². The summed E-state index contributed by atoms with van der Waals surface area (Å²) in [7, 11) is 0. The van der Waals surface area contributed by atoms with Gasteiger partial charge in [0.15, 0.2) is 0 Å². The van der Waals surface area contributed by atoms with Crippen LogP contribution >= 0.6 is 0 Å². The standard InChI is InChI=1S/C80H52BN3O/c1-2-3-31-57-47-55-30-13-20-40-70(55)82(57)58-44-46-69-75(50-58)85-76-51-59(83-71-41-21-18-32-62(71)63-33-19-22-42-72(63)83)49-74-79(76)81(69)68-45-43-56(78-66-36-16-14-34-64(66)77(54-28-11-6-12-29-54)65-35-15-17-37-67(65)78)48-73(68)84(74)80-60(52-24-7-4-8-25-52)38-23-39-61(80)53-26-9-5-10-27-53/h2-51H,1H2/b31-3-. The number of benzene rings is 13. The van der Waals surface area contributed by atoms with Crippen molar-refractivity contribution in [3.8, 4) is 67.4 Å². The van der Waals surface area contributed by atoms with Gasteiger partial charge in [0, 0.05) is 62.2 Å². The zero-order chi connectivity index (χ0) is 56.1. The average molecular weight is 1080 g/mol. The van der Waals surface area contributed by atoms with Gasteiger partial charge in [-0.05, 0) is 120 Å². The fourth-order valence-corrected chi connectivity index (χ4v) is 14.2. The van der Waals surface area contributed by atoms with Gasteiger partial charge in [0.1, 0.15) is 11.5 Å². The molecular formula is C80H52BN3O.